The zero-order valence-electron chi connectivity index (χ0n) is 18.8. The Bertz CT molecular complexity index is 872. The van der Waals surface area contributed by atoms with E-state index in [0.29, 0.717) is 6.54 Å². The zero-order chi connectivity index (χ0) is 22.3. The summed E-state index contributed by atoms with van der Waals surface area (Å²) in [6.45, 7) is 9.12. The third kappa shape index (κ3) is 5.72. The molecule has 172 valence electrons. The lowest BCUT2D eigenvalue weighted by molar-refractivity contribution is -0.0605. The first-order chi connectivity index (χ1) is 15.6. The summed E-state index contributed by atoms with van der Waals surface area (Å²) in [6.07, 6.45) is 3.53. The van der Waals surface area contributed by atoms with E-state index in [1.54, 1.807) is 24.5 Å². The average Bonchev–Trinajstić information content (AvgIpc) is 2.83. The molecule has 0 bridgehead atoms. The lowest BCUT2D eigenvalue weighted by Gasteiger charge is -2.39. The van der Waals surface area contributed by atoms with Crippen LogP contribution in [0.2, 0.25) is 0 Å². The molecule has 9 heteroatoms. The van der Waals surface area contributed by atoms with Gasteiger partial charge in [0.25, 0.3) is 0 Å². The number of nitrogens with zero attached hydrogens (tertiary/aromatic N) is 6. The topological polar surface area (TPSA) is 69.1 Å². The number of morpholine rings is 1. The summed E-state index contributed by atoms with van der Waals surface area (Å²) in [5.41, 5.74) is 0.985. The fraction of sp³-hybridized carbons (Fsp3) is 0.522. The van der Waals surface area contributed by atoms with Crippen molar-refractivity contribution in [3.8, 4) is 0 Å². The summed E-state index contributed by atoms with van der Waals surface area (Å²) < 4.78 is 19.4. The minimum atomic E-state index is -0.232. The molecule has 4 rings (SSSR count). The standard InChI is InChI=1S/C23H32FN7O/c1-18-16-31(17-21(32-18)19-4-6-20(24)7-5-19)22(25-2)28-10-11-29-12-14-30(15-13-29)23-26-8-3-9-27-23/h3-9,18,21H,10-17H2,1-2H3,(H,25,28). The van der Waals surface area contributed by atoms with E-state index in [1.807, 2.05) is 13.1 Å². The Labute approximate surface area is 189 Å². The van der Waals surface area contributed by atoms with E-state index in [9.17, 15) is 4.39 Å². The molecule has 2 fully saturated rings. The summed E-state index contributed by atoms with van der Waals surface area (Å²) in [7, 11) is 1.81. The van der Waals surface area contributed by atoms with Gasteiger partial charge in [-0.3, -0.25) is 9.89 Å². The number of ether oxygens (including phenoxy) is 1. The van der Waals surface area contributed by atoms with Gasteiger partial charge >= 0.3 is 0 Å². The molecule has 1 aromatic heterocycles. The molecule has 0 spiro atoms. The molecule has 2 unspecified atom stereocenters. The Morgan fingerprint density at radius 3 is 2.53 bits per heavy atom. The van der Waals surface area contributed by atoms with Crippen LogP contribution in [-0.2, 0) is 4.74 Å². The van der Waals surface area contributed by atoms with Crippen LogP contribution in [0.5, 0.6) is 0 Å². The molecule has 2 aliphatic heterocycles. The molecular weight excluding hydrogens is 409 g/mol. The number of nitrogens with one attached hydrogen (secondary N) is 1. The van der Waals surface area contributed by atoms with Crippen LogP contribution in [0.15, 0.2) is 47.7 Å². The molecule has 32 heavy (non-hydrogen) atoms. The smallest absolute Gasteiger partial charge is 0.225 e. The van der Waals surface area contributed by atoms with Gasteiger partial charge in [0.1, 0.15) is 11.9 Å². The summed E-state index contributed by atoms with van der Waals surface area (Å²) in [5, 5.41) is 3.51. The number of hydrogen-bond donors (Lipinski definition) is 1. The molecule has 0 aliphatic carbocycles. The number of anilines is 1. The van der Waals surface area contributed by atoms with Crippen molar-refractivity contribution in [2.75, 3.05) is 64.3 Å². The molecule has 1 N–H and O–H groups in total. The molecular formula is C23H32FN7O. The third-order valence-electron chi connectivity index (χ3n) is 5.93. The van der Waals surface area contributed by atoms with Gasteiger partial charge in [0.15, 0.2) is 5.96 Å². The van der Waals surface area contributed by atoms with Gasteiger partial charge in [-0.1, -0.05) is 12.1 Å². The Morgan fingerprint density at radius 2 is 1.84 bits per heavy atom. The van der Waals surface area contributed by atoms with E-state index in [0.717, 1.165) is 63.3 Å². The highest BCUT2D eigenvalue weighted by molar-refractivity contribution is 5.80. The molecule has 2 aliphatic rings. The van der Waals surface area contributed by atoms with E-state index in [4.69, 9.17) is 4.74 Å². The first-order valence-corrected chi connectivity index (χ1v) is 11.2. The molecule has 3 heterocycles. The number of benzene rings is 1. The molecule has 0 radical (unpaired) electrons. The van der Waals surface area contributed by atoms with Crippen molar-refractivity contribution in [1.82, 2.24) is 25.1 Å². The second-order valence-electron chi connectivity index (χ2n) is 8.24. The van der Waals surface area contributed by atoms with Gasteiger partial charge in [0.05, 0.1) is 12.6 Å². The number of halogens is 1. The highest BCUT2D eigenvalue weighted by Crippen LogP contribution is 2.25. The van der Waals surface area contributed by atoms with Crippen LogP contribution in [-0.4, -0.2) is 91.2 Å². The first-order valence-electron chi connectivity index (χ1n) is 11.2. The Morgan fingerprint density at radius 1 is 1.12 bits per heavy atom. The number of aliphatic imine (C=N–C) groups is 1. The minimum Gasteiger partial charge on any atom is -0.367 e. The Hall–Kier alpha value is -2.78. The van der Waals surface area contributed by atoms with Gasteiger partial charge in [0.2, 0.25) is 5.95 Å². The van der Waals surface area contributed by atoms with Gasteiger partial charge < -0.3 is 19.9 Å². The maximum Gasteiger partial charge on any atom is 0.225 e. The molecule has 0 amide bonds. The predicted octanol–water partition coefficient (Wildman–Crippen LogP) is 1.78. The van der Waals surface area contributed by atoms with Crippen LogP contribution < -0.4 is 10.2 Å². The van der Waals surface area contributed by atoms with Crippen molar-refractivity contribution in [3.63, 3.8) is 0 Å². The monoisotopic (exact) mass is 441 g/mol. The average molecular weight is 442 g/mol. The van der Waals surface area contributed by atoms with Crippen molar-refractivity contribution in [1.29, 1.82) is 0 Å². The van der Waals surface area contributed by atoms with Crippen LogP contribution in [0.1, 0.15) is 18.6 Å². The normalized spacial score (nSPS) is 22.8. The lowest BCUT2D eigenvalue weighted by Crippen LogP contribution is -2.53. The van der Waals surface area contributed by atoms with Crippen LogP contribution in [0.4, 0.5) is 10.3 Å². The van der Waals surface area contributed by atoms with Gasteiger partial charge in [0, 0.05) is 65.3 Å². The van der Waals surface area contributed by atoms with E-state index >= 15 is 0 Å². The maximum atomic E-state index is 13.3. The van der Waals surface area contributed by atoms with Crippen molar-refractivity contribution >= 4 is 11.9 Å². The van der Waals surface area contributed by atoms with Crippen LogP contribution in [0.25, 0.3) is 0 Å². The maximum absolute atomic E-state index is 13.3. The number of rotatable bonds is 5. The quantitative estimate of drug-likeness (QED) is 0.560. The number of guanidine groups is 1. The number of hydrogen-bond acceptors (Lipinski definition) is 6. The minimum absolute atomic E-state index is 0.0608. The third-order valence-corrected chi connectivity index (χ3v) is 5.93. The van der Waals surface area contributed by atoms with E-state index in [-0.39, 0.29) is 18.0 Å². The largest absolute Gasteiger partial charge is 0.367 e. The van der Waals surface area contributed by atoms with E-state index in [2.05, 4.69) is 41.9 Å². The van der Waals surface area contributed by atoms with Crippen LogP contribution >= 0.6 is 0 Å². The summed E-state index contributed by atoms with van der Waals surface area (Å²) in [5.74, 6) is 1.45. The fourth-order valence-corrected chi connectivity index (χ4v) is 4.27. The van der Waals surface area contributed by atoms with Gasteiger partial charge in [-0.15, -0.1) is 0 Å². The lowest BCUT2D eigenvalue weighted by atomic mass is 10.1. The van der Waals surface area contributed by atoms with E-state index in [1.165, 1.54) is 12.1 Å². The SMILES string of the molecule is CN=C(NCCN1CCN(c2ncccn2)CC1)N1CC(C)OC(c2ccc(F)cc2)C1. The summed E-state index contributed by atoms with van der Waals surface area (Å²) >= 11 is 0. The first kappa shape index (κ1) is 22.4. The molecule has 8 nitrogen and oxygen atoms in total. The Balaban J connectivity index is 1.25. The van der Waals surface area contributed by atoms with Crippen molar-refractivity contribution in [3.05, 3.63) is 54.1 Å². The van der Waals surface area contributed by atoms with Crippen LogP contribution in [0.3, 0.4) is 0 Å². The number of piperazine rings is 1. The van der Waals surface area contributed by atoms with E-state index < -0.39 is 0 Å². The second-order valence-corrected chi connectivity index (χ2v) is 8.24. The highest BCUT2D eigenvalue weighted by Gasteiger charge is 2.28. The van der Waals surface area contributed by atoms with Crippen molar-refractivity contribution in [2.45, 2.75) is 19.1 Å². The summed E-state index contributed by atoms with van der Waals surface area (Å²) in [4.78, 5) is 20.1. The fourth-order valence-electron chi connectivity index (χ4n) is 4.27. The number of aromatic nitrogens is 2. The molecule has 2 aromatic rings. The Kier molecular flexibility index (Phi) is 7.49. The molecule has 2 atom stereocenters. The molecule has 0 saturated carbocycles. The van der Waals surface area contributed by atoms with Crippen molar-refractivity contribution < 1.29 is 9.13 Å². The predicted molar refractivity (Wildman–Crippen MR) is 123 cm³/mol. The van der Waals surface area contributed by atoms with Crippen molar-refractivity contribution in [2.24, 2.45) is 4.99 Å². The van der Waals surface area contributed by atoms with Gasteiger partial charge in [-0.25, -0.2) is 14.4 Å². The second kappa shape index (κ2) is 10.7. The summed E-state index contributed by atoms with van der Waals surface area (Å²) in [6, 6.07) is 8.41. The highest BCUT2D eigenvalue weighted by atomic mass is 19.1. The zero-order valence-corrected chi connectivity index (χ0v) is 18.8. The molecule has 2 saturated heterocycles. The molecule has 1 aromatic carbocycles. The van der Waals surface area contributed by atoms with Gasteiger partial charge in [-0.05, 0) is 30.7 Å². The van der Waals surface area contributed by atoms with Crippen LogP contribution in [0, 0.1) is 5.82 Å². The van der Waals surface area contributed by atoms with Gasteiger partial charge in [-0.2, -0.15) is 0 Å².